The summed E-state index contributed by atoms with van der Waals surface area (Å²) in [7, 11) is 1.43. The summed E-state index contributed by atoms with van der Waals surface area (Å²) in [5.74, 6) is 0.475. The van der Waals surface area contributed by atoms with Gasteiger partial charge in [-0.2, -0.15) is 0 Å². The van der Waals surface area contributed by atoms with Gasteiger partial charge in [-0.1, -0.05) is 17.7 Å². The van der Waals surface area contributed by atoms with Crippen LogP contribution in [-0.4, -0.2) is 38.2 Å². The number of rotatable bonds is 4. The summed E-state index contributed by atoms with van der Waals surface area (Å²) in [5, 5.41) is 0. The van der Waals surface area contributed by atoms with Crippen molar-refractivity contribution in [3.05, 3.63) is 34.9 Å². The molecule has 146 valence electrons. The third-order valence-electron chi connectivity index (χ3n) is 5.85. The van der Waals surface area contributed by atoms with Crippen LogP contribution in [0, 0.1) is 0 Å². The molecule has 0 unspecified atom stereocenters. The number of hydrogen-bond donors (Lipinski definition) is 0. The standard InChI is InChI=1S/C22H28O5/c1-24-21(23)7-5-19-4-3-18-15-17(2-6-20(18)27-19)14-16-8-10-22(11-9-16)25-12-13-26-22/h2,6,14-15,19H,3-5,7-13H2,1H3/t19-/m1/s1. The molecule has 5 heteroatoms. The molecule has 1 saturated carbocycles. The smallest absolute Gasteiger partial charge is 0.305 e. The van der Waals surface area contributed by atoms with Gasteiger partial charge >= 0.3 is 5.97 Å². The number of fused-ring (bicyclic) bond motifs is 1. The Morgan fingerprint density at radius 1 is 1.22 bits per heavy atom. The normalized spacial score (nSPS) is 23.6. The van der Waals surface area contributed by atoms with E-state index < -0.39 is 0 Å². The number of carbonyl (C=O) groups is 1. The molecule has 27 heavy (non-hydrogen) atoms. The first-order valence-corrected chi connectivity index (χ1v) is 10.00. The number of hydrogen-bond acceptors (Lipinski definition) is 5. The van der Waals surface area contributed by atoms with Crippen LogP contribution in [0.15, 0.2) is 23.8 Å². The Morgan fingerprint density at radius 2 is 2.00 bits per heavy atom. The van der Waals surface area contributed by atoms with E-state index in [4.69, 9.17) is 18.9 Å². The predicted molar refractivity (Wildman–Crippen MR) is 102 cm³/mol. The zero-order chi connectivity index (χ0) is 18.7. The summed E-state index contributed by atoms with van der Waals surface area (Å²) < 4.78 is 22.4. The van der Waals surface area contributed by atoms with Crippen molar-refractivity contribution in [3.63, 3.8) is 0 Å². The monoisotopic (exact) mass is 372 g/mol. The van der Waals surface area contributed by atoms with E-state index in [9.17, 15) is 4.79 Å². The summed E-state index contributed by atoms with van der Waals surface area (Å²) in [6, 6.07) is 6.44. The summed E-state index contributed by atoms with van der Waals surface area (Å²) >= 11 is 0. The Hall–Kier alpha value is -1.85. The van der Waals surface area contributed by atoms with Gasteiger partial charge in [0.1, 0.15) is 5.75 Å². The minimum Gasteiger partial charge on any atom is -0.490 e. The molecule has 1 aromatic rings. The molecule has 0 radical (unpaired) electrons. The fraction of sp³-hybridized carbons (Fsp3) is 0.591. The lowest BCUT2D eigenvalue weighted by Crippen LogP contribution is -2.33. The van der Waals surface area contributed by atoms with Gasteiger partial charge in [-0.05, 0) is 55.4 Å². The Bertz CT molecular complexity index is 705. The minimum atomic E-state index is -0.305. The van der Waals surface area contributed by atoms with Crippen LogP contribution in [-0.2, 0) is 25.4 Å². The minimum absolute atomic E-state index is 0.0988. The zero-order valence-electron chi connectivity index (χ0n) is 16.0. The van der Waals surface area contributed by atoms with Crippen molar-refractivity contribution in [1.29, 1.82) is 0 Å². The van der Waals surface area contributed by atoms with Gasteiger partial charge in [0.2, 0.25) is 0 Å². The average molecular weight is 372 g/mol. The molecule has 0 bridgehead atoms. The zero-order valence-corrected chi connectivity index (χ0v) is 16.0. The van der Waals surface area contributed by atoms with Crippen molar-refractivity contribution < 1.29 is 23.7 Å². The van der Waals surface area contributed by atoms with E-state index in [0.717, 1.165) is 57.5 Å². The maximum atomic E-state index is 11.3. The van der Waals surface area contributed by atoms with Crippen LogP contribution in [0.25, 0.3) is 6.08 Å². The van der Waals surface area contributed by atoms with E-state index >= 15 is 0 Å². The van der Waals surface area contributed by atoms with Crippen molar-refractivity contribution in [2.75, 3.05) is 20.3 Å². The van der Waals surface area contributed by atoms with Gasteiger partial charge in [0, 0.05) is 19.3 Å². The van der Waals surface area contributed by atoms with Gasteiger partial charge in [0.15, 0.2) is 5.79 Å². The van der Waals surface area contributed by atoms with Gasteiger partial charge in [-0.3, -0.25) is 4.79 Å². The molecule has 0 aromatic heterocycles. The molecule has 2 aliphatic heterocycles. The second-order valence-electron chi connectivity index (χ2n) is 7.67. The molecule has 1 saturated heterocycles. The number of esters is 1. The third kappa shape index (κ3) is 4.36. The maximum Gasteiger partial charge on any atom is 0.305 e. The molecule has 1 spiro atoms. The van der Waals surface area contributed by atoms with E-state index in [-0.39, 0.29) is 17.9 Å². The van der Waals surface area contributed by atoms with Crippen molar-refractivity contribution in [1.82, 2.24) is 0 Å². The number of benzene rings is 1. The lowest BCUT2D eigenvalue weighted by Gasteiger charge is -2.32. The number of ether oxygens (including phenoxy) is 4. The van der Waals surface area contributed by atoms with Gasteiger partial charge in [0.05, 0.1) is 26.4 Å². The largest absolute Gasteiger partial charge is 0.490 e. The van der Waals surface area contributed by atoms with E-state index in [1.54, 1.807) is 0 Å². The van der Waals surface area contributed by atoms with Crippen LogP contribution in [0.1, 0.15) is 56.1 Å². The van der Waals surface area contributed by atoms with Crippen LogP contribution in [0.5, 0.6) is 5.75 Å². The number of methoxy groups -OCH3 is 1. The first-order chi connectivity index (χ1) is 13.2. The quantitative estimate of drug-likeness (QED) is 0.747. The molecule has 1 aromatic carbocycles. The van der Waals surface area contributed by atoms with Crippen LogP contribution >= 0.6 is 0 Å². The SMILES string of the molecule is COC(=O)CC[C@H]1CCc2cc(C=C3CCC4(CC3)OCCO4)ccc2O1. The van der Waals surface area contributed by atoms with E-state index in [0.29, 0.717) is 12.8 Å². The second-order valence-corrected chi connectivity index (χ2v) is 7.67. The topological polar surface area (TPSA) is 54.0 Å². The van der Waals surface area contributed by atoms with Crippen LogP contribution < -0.4 is 4.74 Å². The number of aryl methyl sites for hydroxylation is 1. The second kappa shape index (κ2) is 8.03. The lowest BCUT2D eigenvalue weighted by molar-refractivity contribution is -0.171. The van der Waals surface area contributed by atoms with Crippen molar-refractivity contribution in [2.24, 2.45) is 0 Å². The maximum absolute atomic E-state index is 11.3. The Labute approximate surface area is 160 Å². The van der Waals surface area contributed by atoms with Gasteiger partial charge in [-0.15, -0.1) is 0 Å². The van der Waals surface area contributed by atoms with Crippen molar-refractivity contribution in [2.45, 2.75) is 63.3 Å². The van der Waals surface area contributed by atoms with E-state index in [2.05, 4.69) is 24.3 Å². The molecular weight excluding hydrogens is 344 g/mol. The van der Waals surface area contributed by atoms with E-state index in [1.807, 2.05) is 0 Å². The molecule has 2 heterocycles. The first kappa shape index (κ1) is 18.5. The summed E-state index contributed by atoms with van der Waals surface area (Å²) in [4.78, 5) is 11.3. The third-order valence-corrected chi connectivity index (χ3v) is 5.85. The van der Waals surface area contributed by atoms with Crippen LogP contribution in [0.2, 0.25) is 0 Å². The van der Waals surface area contributed by atoms with E-state index in [1.165, 1.54) is 23.8 Å². The fourth-order valence-electron chi connectivity index (χ4n) is 4.26. The Morgan fingerprint density at radius 3 is 2.74 bits per heavy atom. The number of allylic oxidation sites excluding steroid dienone is 1. The Balaban J connectivity index is 1.36. The molecule has 5 nitrogen and oxygen atoms in total. The van der Waals surface area contributed by atoms with Crippen molar-refractivity contribution in [3.8, 4) is 5.75 Å². The summed E-state index contributed by atoms with van der Waals surface area (Å²) in [5.41, 5.74) is 3.96. The van der Waals surface area contributed by atoms with Crippen LogP contribution in [0.3, 0.4) is 0 Å². The molecule has 4 rings (SSSR count). The first-order valence-electron chi connectivity index (χ1n) is 10.00. The summed E-state index contributed by atoms with van der Waals surface area (Å²) in [6.45, 7) is 1.45. The highest BCUT2D eigenvalue weighted by Gasteiger charge is 2.38. The average Bonchev–Trinajstić information content (AvgIpc) is 3.16. The van der Waals surface area contributed by atoms with Gasteiger partial charge in [0.25, 0.3) is 0 Å². The molecule has 2 fully saturated rings. The van der Waals surface area contributed by atoms with Gasteiger partial charge < -0.3 is 18.9 Å². The highest BCUT2D eigenvalue weighted by molar-refractivity contribution is 5.69. The molecule has 0 amide bonds. The number of carbonyl (C=O) groups excluding carboxylic acids is 1. The molecule has 0 N–H and O–H groups in total. The molecule has 1 atom stereocenters. The molecule has 3 aliphatic rings. The molecular formula is C22H28O5. The summed E-state index contributed by atoms with van der Waals surface area (Å²) in [6.07, 6.45) is 9.44. The van der Waals surface area contributed by atoms with Gasteiger partial charge in [-0.25, -0.2) is 0 Å². The Kier molecular flexibility index (Phi) is 5.50. The highest BCUT2D eigenvalue weighted by Crippen LogP contribution is 2.39. The lowest BCUT2D eigenvalue weighted by atomic mass is 9.88. The fourth-order valence-corrected chi connectivity index (χ4v) is 4.26. The van der Waals surface area contributed by atoms with Crippen LogP contribution in [0.4, 0.5) is 0 Å². The highest BCUT2D eigenvalue weighted by atomic mass is 16.7. The van der Waals surface area contributed by atoms with Crippen molar-refractivity contribution >= 4 is 12.0 Å². The predicted octanol–water partition coefficient (Wildman–Crippen LogP) is 4.03. The molecule has 1 aliphatic carbocycles.